The average Bonchev–Trinajstić information content (AvgIpc) is 2.49. The second kappa shape index (κ2) is 8.42. The molecule has 0 heterocycles. The van der Waals surface area contributed by atoms with Crippen LogP contribution in [-0.4, -0.2) is 6.54 Å². The Hall–Kier alpha value is -1.03. The van der Waals surface area contributed by atoms with Gasteiger partial charge in [0.05, 0.1) is 0 Å². The van der Waals surface area contributed by atoms with Crippen LogP contribution < -0.4 is 10.1 Å². The molecule has 0 unspecified atom stereocenters. The summed E-state index contributed by atoms with van der Waals surface area (Å²) in [5, 5.41) is 4.14. The van der Waals surface area contributed by atoms with Gasteiger partial charge in [-0.1, -0.05) is 46.6 Å². The molecule has 0 aliphatic rings. The van der Waals surface area contributed by atoms with Crippen LogP contribution in [0.15, 0.2) is 46.9 Å². The van der Waals surface area contributed by atoms with Gasteiger partial charge in [0, 0.05) is 16.0 Å². The summed E-state index contributed by atoms with van der Waals surface area (Å²) in [6, 6.07) is 13.8. The van der Waals surface area contributed by atoms with Crippen molar-refractivity contribution >= 4 is 27.5 Å². The van der Waals surface area contributed by atoms with Crippen molar-refractivity contribution in [2.24, 2.45) is 0 Å². The Labute approximate surface area is 139 Å². The van der Waals surface area contributed by atoms with Crippen molar-refractivity contribution in [3.8, 4) is 5.75 Å². The van der Waals surface area contributed by atoms with Crippen molar-refractivity contribution < 1.29 is 4.74 Å². The number of ether oxygens (including phenoxy) is 1. The first kappa shape index (κ1) is 16.3. The van der Waals surface area contributed by atoms with Gasteiger partial charge >= 0.3 is 0 Å². The minimum atomic E-state index is 0.542. The highest BCUT2D eigenvalue weighted by Crippen LogP contribution is 2.23. The van der Waals surface area contributed by atoms with E-state index in [1.807, 2.05) is 36.4 Å². The molecule has 0 saturated heterocycles. The van der Waals surface area contributed by atoms with E-state index in [1.54, 1.807) is 0 Å². The first-order chi connectivity index (χ1) is 10.2. The Morgan fingerprint density at radius 2 is 1.90 bits per heavy atom. The van der Waals surface area contributed by atoms with Crippen molar-refractivity contribution in [3.05, 3.63) is 63.1 Å². The molecule has 4 heteroatoms. The van der Waals surface area contributed by atoms with Crippen LogP contribution in [0.4, 0.5) is 0 Å². The maximum atomic E-state index is 5.87. The van der Waals surface area contributed by atoms with Crippen LogP contribution in [0, 0.1) is 0 Å². The zero-order chi connectivity index (χ0) is 15.1. The van der Waals surface area contributed by atoms with Crippen LogP contribution in [0.1, 0.15) is 24.5 Å². The number of nitrogens with one attached hydrogen (secondary N) is 1. The van der Waals surface area contributed by atoms with E-state index in [9.17, 15) is 0 Å². The van der Waals surface area contributed by atoms with Gasteiger partial charge in [0.15, 0.2) is 0 Å². The van der Waals surface area contributed by atoms with E-state index in [1.165, 1.54) is 5.56 Å². The molecule has 0 radical (unpaired) electrons. The predicted molar refractivity (Wildman–Crippen MR) is 91.9 cm³/mol. The van der Waals surface area contributed by atoms with Gasteiger partial charge < -0.3 is 10.1 Å². The number of hydrogen-bond acceptors (Lipinski definition) is 2. The van der Waals surface area contributed by atoms with Crippen LogP contribution in [0.2, 0.25) is 5.02 Å². The quantitative estimate of drug-likeness (QED) is 0.680. The van der Waals surface area contributed by atoms with Gasteiger partial charge in [0.2, 0.25) is 0 Å². The summed E-state index contributed by atoms with van der Waals surface area (Å²) >= 11 is 9.45. The third-order valence-corrected chi connectivity index (χ3v) is 4.10. The van der Waals surface area contributed by atoms with Crippen LogP contribution in [0.5, 0.6) is 5.75 Å². The zero-order valence-corrected chi connectivity index (χ0v) is 14.4. The fourth-order valence-electron chi connectivity index (χ4n) is 1.92. The molecule has 112 valence electrons. The first-order valence-electron chi connectivity index (χ1n) is 7.05. The molecule has 0 aliphatic heterocycles. The standard InChI is InChI=1S/C17H19BrClNO/c1-2-9-20-11-14-10-16(7-8-17(14)18)21-12-13-3-5-15(19)6-4-13/h3-8,10,20H,2,9,11-12H2,1H3. The molecule has 0 aromatic heterocycles. The normalized spacial score (nSPS) is 10.6. The Morgan fingerprint density at radius 3 is 2.62 bits per heavy atom. The molecule has 2 aromatic rings. The lowest BCUT2D eigenvalue weighted by Gasteiger charge is -2.11. The monoisotopic (exact) mass is 367 g/mol. The second-order valence-corrected chi connectivity index (χ2v) is 6.14. The molecule has 0 aliphatic carbocycles. The van der Waals surface area contributed by atoms with Gasteiger partial charge in [0.25, 0.3) is 0 Å². The Morgan fingerprint density at radius 1 is 1.14 bits per heavy atom. The van der Waals surface area contributed by atoms with Crippen LogP contribution in [0.25, 0.3) is 0 Å². The second-order valence-electron chi connectivity index (χ2n) is 4.85. The first-order valence-corrected chi connectivity index (χ1v) is 8.22. The third kappa shape index (κ3) is 5.34. The molecular formula is C17H19BrClNO. The molecule has 2 rings (SSSR count). The number of halogens is 2. The van der Waals surface area contributed by atoms with E-state index in [4.69, 9.17) is 16.3 Å². The van der Waals surface area contributed by atoms with Gasteiger partial charge in [-0.2, -0.15) is 0 Å². The van der Waals surface area contributed by atoms with Crippen molar-refractivity contribution in [2.75, 3.05) is 6.54 Å². The highest BCUT2D eigenvalue weighted by Gasteiger charge is 2.03. The lowest BCUT2D eigenvalue weighted by molar-refractivity contribution is 0.306. The average molecular weight is 369 g/mol. The number of benzene rings is 2. The highest BCUT2D eigenvalue weighted by molar-refractivity contribution is 9.10. The number of rotatable bonds is 7. The maximum Gasteiger partial charge on any atom is 0.120 e. The Balaban J connectivity index is 1.96. The van der Waals surface area contributed by atoms with E-state index >= 15 is 0 Å². The Bertz CT molecular complexity index is 572. The SMILES string of the molecule is CCCNCc1cc(OCc2ccc(Cl)cc2)ccc1Br. The van der Waals surface area contributed by atoms with E-state index in [2.05, 4.69) is 34.2 Å². The molecule has 0 saturated carbocycles. The van der Waals surface area contributed by atoms with Gasteiger partial charge in [-0.15, -0.1) is 0 Å². The molecule has 0 fully saturated rings. The van der Waals surface area contributed by atoms with E-state index < -0.39 is 0 Å². The summed E-state index contributed by atoms with van der Waals surface area (Å²) < 4.78 is 6.94. The topological polar surface area (TPSA) is 21.3 Å². The maximum absolute atomic E-state index is 5.87. The smallest absolute Gasteiger partial charge is 0.120 e. The summed E-state index contributed by atoms with van der Waals surface area (Å²) in [4.78, 5) is 0. The fraction of sp³-hybridized carbons (Fsp3) is 0.294. The van der Waals surface area contributed by atoms with Gasteiger partial charge in [0.1, 0.15) is 12.4 Å². The lowest BCUT2D eigenvalue weighted by atomic mass is 10.2. The summed E-state index contributed by atoms with van der Waals surface area (Å²) in [6.45, 7) is 4.56. The minimum absolute atomic E-state index is 0.542. The summed E-state index contributed by atoms with van der Waals surface area (Å²) in [5.74, 6) is 0.876. The van der Waals surface area contributed by atoms with E-state index in [0.29, 0.717) is 6.61 Å². The molecule has 0 amide bonds. The molecule has 2 nitrogen and oxygen atoms in total. The molecule has 0 bridgehead atoms. The summed E-state index contributed by atoms with van der Waals surface area (Å²) in [7, 11) is 0. The predicted octanol–water partition coefficient (Wildman–Crippen LogP) is 5.18. The van der Waals surface area contributed by atoms with E-state index in [0.717, 1.165) is 40.3 Å². The van der Waals surface area contributed by atoms with Crippen LogP contribution in [0.3, 0.4) is 0 Å². The van der Waals surface area contributed by atoms with Crippen molar-refractivity contribution in [3.63, 3.8) is 0 Å². The van der Waals surface area contributed by atoms with Crippen molar-refractivity contribution in [1.82, 2.24) is 5.32 Å². The van der Waals surface area contributed by atoms with Crippen molar-refractivity contribution in [2.45, 2.75) is 26.5 Å². The van der Waals surface area contributed by atoms with Crippen molar-refractivity contribution in [1.29, 1.82) is 0 Å². The molecule has 0 atom stereocenters. The van der Waals surface area contributed by atoms with Gasteiger partial charge in [-0.25, -0.2) is 0 Å². The molecule has 21 heavy (non-hydrogen) atoms. The summed E-state index contributed by atoms with van der Waals surface area (Å²) in [6.07, 6.45) is 1.13. The molecule has 0 spiro atoms. The Kier molecular flexibility index (Phi) is 6.55. The largest absolute Gasteiger partial charge is 0.489 e. The number of hydrogen-bond donors (Lipinski definition) is 1. The zero-order valence-electron chi connectivity index (χ0n) is 12.0. The lowest BCUT2D eigenvalue weighted by Crippen LogP contribution is -2.14. The minimum Gasteiger partial charge on any atom is -0.489 e. The van der Waals surface area contributed by atoms with Crippen LogP contribution in [-0.2, 0) is 13.2 Å². The molecule has 1 N–H and O–H groups in total. The van der Waals surface area contributed by atoms with Gasteiger partial charge in [-0.05, 0) is 54.4 Å². The molecule has 2 aromatic carbocycles. The van der Waals surface area contributed by atoms with E-state index in [-0.39, 0.29) is 0 Å². The third-order valence-electron chi connectivity index (χ3n) is 3.08. The van der Waals surface area contributed by atoms with Crippen LogP contribution >= 0.6 is 27.5 Å². The summed E-state index contributed by atoms with van der Waals surface area (Å²) in [5.41, 5.74) is 2.31. The van der Waals surface area contributed by atoms with Gasteiger partial charge in [-0.3, -0.25) is 0 Å². The molecular weight excluding hydrogens is 350 g/mol. The highest BCUT2D eigenvalue weighted by atomic mass is 79.9. The fourth-order valence-corrected chi connectivity index (χ4v) is 2.44.